The first-order chi connectivity index (χ1) is 8.70. The third-order valence-corrected chi connectivity index (χ3v) is 2.40. The Hall–Kier alpha value is -2.56. The molecular weight excluding hydrogens is 232 g/mol. The van der Waals surface area contributed by atoms with Crippen LogP contribution in [-0.4, -0.2) is 23.8 Å². The number of aromatic amines is 1. The second kappa shape index (κ2) is 5.18. The summed E-state index contributed by atoms with van der Waals surface area (Å²) in [5.41, 5.74) is 0.807. The van der Waals surface area contributed by atoms with Crippen LogP contribution in [0.25, 0.3) is 0 Å². The number of amides is 1. The smallest absolute Gasteiger partial charge is 0.298 e. The van der Waals surface area contributed by atoms with Gasteiger partial charge in [-0.3, -0.25) is 9.59 Å². The minimum absolute atomic E-state index is 0.265. The van der Waals surface area contributed by atoms with Gasteiger partial charge in [-0.1, -0.05) is 0 Å². The summed E-state index contributed by atoms with van der Waals surface area (Å²) in [5.74, 6) is -0.595. The summed E-state index contributed by atoms with van der Waals surface area (Å²) < 4.78 is 5.00. The van der Waals surface area contributed by atoms with Crippen LogP contribution in [0.1, 0.15) is 10.5 Å². The molecule has 2 aromatic rings. The number of carbonyl (C=O) groups is 2. The van der Waals surface area contributed by atoms with Crippen LogP contribution in [0.5, 0.6) is 5.75 Å². The molecule has 92 valence electrons. The lowest BCUT2D eigenvalue weighted by atomic mass is 10.2. The van der Waals surface area contributed by atoms with E-state index in [2.05, 4.69) is 10.3 Å². The van der Waals surface area contributed by atoms with Crippen LogP contribution in [0.3, 0.4) is 0 Å². The highest BCUT2D eigenvalue weighted by molar-refractivity contribution is 6.46. The molecule has 0 unspecified atom stereocenters. The summed E-state index contributed by atoms with van der Waals surface area (Å²) in [4.78, 5) is 26.0. The summed E-state index contributed by atoms with van der Waals surface area (Å²) in [5, 5.41) is 2.52. The summed E-state index contributed by atoms with van der Waals surface area (Å²) in [7, 11) is 1.56. The summed E-state index contributed by atoms with van der Waals surface area (Å²) in [6, 6.07) is 9.95. The van der Waals surface area contributed by atoms with Crippen LogP contribution in [0.4, 0.5) is 5.69 Å². The molecule has 0 aliphatic carbocycles. The zero-order valence-electron chi connectivity index (χ0n) is 9.77. The number of rotatable bonds is 4. The van der Waals surface area contributed by atoms with E-state index in [9.17, 15) is 9.59 Å². The van der Waals surface area contributed by atoms with Gasteiger partial charge in [-0.2, -0.15) is 0 Å². The van der Waals surface area contributed by atoms with Crippen molar-refractivity contribution in [1.29, 1.82) is 0 Å². The number of hydrogen-bond acceptors (Lipinski definition) is 3. The van der Waals surface area contributed by atoms with Crippen molar-refractivity contribution in [2.75, 3.05) is 12.4 Å². The molecule has 2 rings (SSSR count). The minimum Gasteiger partial charge on any atom is -0.497 e. The van der Waals surface area contributed by atoms with E-state index >= 15 is 0 Å². The number of benzene rings is 1. The first-order valence-corrected chi connectivity index (χ1v) is 5.34. The van der Waals surface area contributed by atoms with Crippen LogP contribution < -0.4 is 10.1 Å². The molecule has 0 bridgehead atoms. The lowest BCUT2D eigenvalue weighted by Crippen LogP contribution is -2.23. The molecule has 0 atom stereocenters. The van der Waals surface area contributed by atoms with E-state index in [1.807, 2.05) is 0 Å². The first-order valence-electron chi connectivity index (χ1n) is 5.34. The number of aromatic nitrogens is 1. The number of anilines is 1. The highest BCUT2D eigenvalue weighted by atomic mass is 16.5. The fraction of sp³-hybridized carbons (Fsp3) is 0.0769. The van der Waals surface area contributed by atoms with E-state index in [0.717, 1.165) is 0 Å². The van der Waals surface area contributed by atoms with Crippen molar-refractivity contribution in [3.05, 3.63) is 48.3 Å². The van der Waals surface area contributed by atoms with Gasteiger partial charge < -0.3 is 15.0 Å². The van der Waals surface area contributed by atoms with Gasteiger partial charge >= 0.3 is 0 Å². The summed E-state index contributed by atoms with van der Waals surface area (Å²) >= 11 is 0. The van der Waals surface area contributed by atoms with Gasteiger partial charge in [0.25, 0.3) is 11.7 Å². The molecule has 0 radical (unpaired) electrons. The first kappa shape index (κ1) is 11.9. The maximum Gasteiger partial charge on any atom is 0.298 e. The molecule has 0 aliphatic heterocycles. The number of ketones is 1. The quantitative estimate of drug-likeness (QED) is 0.636. The predicted octanol–water partition coefficient (Wildman–Crippen LogP) is 1.84. The van der Waals surface area contributed by atoms with Crippen molar-refractivity contribution in [2.45, 2.75) is 0 Å². The van der Waals surface area contributed by atoms with Gasteiger partial charge in [-0.15, -0.1) is 0 Å². The number of Topliss-reactive ketones (excluding diaryl/α,β-unsaturated/α-hetero) is 1. The van der Waals surface area contributed by atoms with E-state index in [0.29, 0.717) is 11.4 Å². The lowest BCUT2D eigenvalue weighted by molar-refractivity contribution is -0.112. The monoisotopic (exact) mass is 244 g/mol. The number of nitrogens with one attached hydrogen (secondary N) is 2. The van der Waals surface area contributed by atoms with Crippen LogP contribution in [-0.2, 0) is 4.79 Å². The Morgan fingerprint density at radius 3 is 2.44 bits per heavy atom. The molecule has 0 saturated carbocycles. The number of H-pyrrole nitrogens is 1. The highest BCUT2D eigenvalue weighted by Crippen LogP contribution is 2.15. The van der Waals surface area contributed by atoms with Crippen molar-refractivity contribution >= 4 is 17.4 Å². The van der Waals surface area contributed by atoms with Crippen molar-refractivity contribution in [2.24, 2.45) is 0 Å². The Kier molecular flexibility index (Phi) is 3.43. The normalized spacial score (nSPS) is 9.83. The summed E-state index contributed by atoms with van der Waals surface area (Å²) in [6.07, 6.45) is 1.59. The van der Waals surface area contributed by atoms with Crippen LogP contribution in [0, 0.1) is 0 Å². The maximum atomic E-state index is 11.7. The SMILES string of the molecule is COc1ccc(NC(=O)C(=O)c2ccc[nH]2)cc1. The molecule has 0 saturated heterocycles. The van der Waals surface area contributed by atoms with Gasteiger partial charge in [-0.25, -0.2) is 0 Å². The molecule has 1 aromatic heterocycles. The molecule has 1 aromatic carbocycles. The number of ether oxygens (including phenoxy) is 1. The molecule has 5 heteroatoms. The number of hydrogen-bond donors (Lipinski definition) is 2. The summed E-state index contributed by atoms with van der Waals surface area (Å²) in [6.45, 7) is 0. The van der Waals surface area contributed by atoms with Crippen molar-refractivity contribution in [3.63, 3.8) is 0 Å². The fourth-order valence-corrected chi connectivity index (χ4v) is 1.46. The van der Waals surface area contributed by atoms with Gasteiger partial charge in [-0.05, 0) is 36.4 Å². The van der Waals surface area contributed by atoms with Crippen molar-refractivity contribution in [1.82, 2.24) is 4.98 Å². The Morgan fingerprint density at radius 1 is 1.17 bits per heavy atom. The zero-order valence-corrected chi connectivity index (χ0v) is 9.77. The second-order valence-corrected chi connectivity index (χ2v) is 3.60. The highest BCUT2D eigenvalue weighted by Gasteiger charge is 2.16. The largest absolute Gasteiger partial charge is 0.497 e. The molecule has 0 spiro atoms. The number of carbonyl (C=O) groups excluding carboxylic acids is 2. The molecule has 5 nitrogen and oxygen atoms in total. The fourth-order valence-electron chi connectivity index (χ4n) is 1.46. The minimum atomic E-state index is -0.678. The van der Waals surface area contributed by atoms with E-state index in [-0.39, 0.29) is 5.69 Å². The Balaban J connectivity index is 2.04. The lowest BCUT2D eigenvalue weighted by Gasteiger charge is -2.04. The van der Waals surface area contributed by atoms with Gasteiger partial charge in [0.15, 0.2) is 0 Å². The Morgan fingerprint density at radius 2 is 1.89 bits per heavy atom. The van der Waals surface area contributed by atoms with Crippen LogP contribution in [0.15, 0.2) is 42.6 Å². The van der Waals surface area contributed by atoms with Gasteiger partial charge in [0.2, 0.25) is 0 Å². The van der Waals surface area contributed by atoms with Gasteiger partial charge in [0.05, 0.1) is 12.8 Å². The van der Waals surface area contributed by atoms with Crippen molar-refractivity contribution < 1.29 is 14.3 Å². The molecule has 0 fully saturated rings. The molecule has 18 heavy (non-hydrogen) atoms. The van der Waals surface area contributed by atoms with Crippen LogP contribution in [0.2, 0.25) is 0 Å². The Bertz CT molecular complexity index is 544. The van der Waals surface area contributed by atoms with E-state index < -0.39 is 11.7 Å². The van der Waals surface area contributed by atoms with Gasteiger partial charge in [0.1, 0.15) is 5.75 Å². The molecule has 2 N–H and O–H groups in total. The standard InChI is InChI=1S/C13H12N2O3/c1-18-10-6-4-9(5-7-10)15-13(17)12(16)11-3-2-8-14-11/h2-8,14H,1H3,(H,15,17). The van der Waals surface area contributed by atoms with Gasteiger partial charge in [0, 0.05) is 11.9 Å². The molecule has 0 aliphatic rings. The predicted molar refractivity (Wildman–Crippen MR) is 66.7 cm³/mol. The maximum absolute atomic E-state index is 11.7. The van der Waals surface area contributed by atoms with E-state index in [1.54, 1.807) is 49.7 Å². The Labute approximate surface area is 104 Å². The second-order valence-electron chi connectivity index (χ2n) is 3.60. The molecule has 1 heterocycles. The zero-order chi connectivity index (χ0) is 13.0. The van der Waals surface area contributed by atoms with E-state index in [1.165, 1.54) is 0 Å². The van der Waals surface area contributed by atoms with E-state index in [4.69, 9.17) is 4.74 Å². The third kappa shape index (κ3) is 2.57. The molecular formula is C13H12N2O3. The average molecular weight is 244 g/mol. The average Bonchev–Trinajstić information content (AvgIpc) is 2.92. The van der Waals surface area contributed by atoms with Crippen LogP contribution >= 0.6 is 0 Å². The third-order valence-electron chi connectivity index (χ3n) is 2.40. The molecule has 1 amide bonds. The topological polar surface area (TPSA) is 71.2 Å². The van der Waals surface area contributed by atoms with Crippen molar-refractivity contribution in [3.8, 4) is 5.75 Å². The number of methoxy groups -OCH3 is 1.